The fourth-order valence-electron chi connectivity index (χ4n) is 0.270. The normalized spacial score (nSPS) is 12.8. The van der Waals surface area contributed by atoms with E-state index in [-0.39, 0.29) is 12.2 Å². The molecule has 0 saturated heterocycles. The van der Waals surface area contributed by atoms with Crippen molar-refractivity contribution in [2.45, 2.75) is 19.4 Å². The van der Waals surface area contributed by atoms with E-state index >= 15 is 0 Å². The molecule has 0 aliphatic heterocycles. The van der Waals surface area contributed by atoms with Crippen molar-refractivity contribution < 1.29 is 9.59 Å². The van der Waals surface area contributed by atoms with Crippen LogP contribution in [0, 0.1) is 0 Å². The van der Waals surface area contributed by atoms with E-state index in [0.717, 1.165) is 0 Å². The zero-order chi connectivity index (χ0) is 6.57. The van der Waals surface area contributed by atoms with Crippen molar-refractivity contribution in [3.05, 3.63) is 0 Å². The van der Waals surface area contributed by atoms with Crippen LogP contribution >= 0.6 is 0 Å². The molecule has 0 rings (SSSR count). The maximum atomic E-state index is 10.2. The zero-order valence-corrected chi connectivity index (χ0v) is 4.76. The molecule has 0 aliphatic rings. The van der Waals surface area contributed by atoms with Gasteiger partial charge < -0.3 is 10.5 Å². The fraction of sp³-hybridized carbons (Fsp3) is 0.600. The molecule has 0 amide bonds. The van der Waals surface area contributed by atoms with E-state index in [9.17, 15) is 9.59 Å². The number of nitrogens with two attached hydrogens (primary N) is 1. The molecule has 8 heavy (non-hydrogen) atoms. The van der Waals surface area contributed by atoms with Gasteiger partial charge in [0.05, 0.1) is 6.04 Å². The topological polar surface area (TPSA) is 60.2 Å². The number of ketones is 1. The summed E-state index contributed by atoms with van der Waals surface area (Å²) in [6.45, 7) is 1.37. The monoisotopic (exact) mass is 115 g/mol. The standard InChI is InChI=1S/C5H9NO2/c1-4(8)5(6)2-3-7/h3,5H,2,6H2,1H3. The Bertz CT molecular complexity index is 101. The van der Waals surface area contributed by atoms with Gasteiger partial charge in [-0.3, -0.25) is 4.79 Å². The Balaban J connectivity index is 3.46. The first-order valence-corrected chi connectivity index (χ1v) is 2.38. The molecule has 1 unspecified atom stereocenters. The Morgan fingerprint density at radius 1 is 1.88 bits per heavy atom. The highest BCUT2D eigenvalue weighted by Crippen LogP contribution is 1.83. The second-order valence-electron chi connectivity index (χ2n) is 1.62. The number of hydrogen-bond donors (Lipinski definition) is 1. The minimum absolute atomic E-state index is 0.134. The minimum atomic E-state index is -0.590. The third kappa shape index (κ3) is 2.47. The molecule has 1 atom stereocenters. The third-order valence-electron chi connectivity index (χ3n) is 0.872. The van der Waals surface area contributed by atoms with E-state index < -0.39 is 6.04 Å². The smallest absolute Gasteiger partial charge is 0.146 e. The summed E-state index contributed by atoms with van der Waals surface area (Å²) in [6.07, 6.45) is 0.779. The summed E-state index contributed by atoms with van der Waals surface area (Å²) < 4.78 is 0. The molecule has 0 saturated carbocycles. The van der Waals surface area contributed by atoms with Crippen LogP contribution in [0.1, 0.15) is 13.3 Å². The zero-order valence-electron chi connectivity index (χ0n) is 4.76. The number of carbonyl (C=O) groups excluding carboxylic acids is 2. The van der Waals surface area contributed by atoms with Gasteiger partial charge in [0.2, 0.25) is 0 Å². The lowest BCUT2D eigenvalue weighted by molar-refractivity contribution is -0.120. The average Bonchev–Trinajstić information content (AvgIpc) is 1.67. The van der Waals surface area contributed by atoms with E-state index in [1.165, 1.54) is 6.92 Å². The predicted octanol–water partition coefficient (Wildman–Crippen LogP) is -0.508. The SMILES string of the molecule is CC(=O)C(N)CC=O. The molecule has 0 spiro atoms. The highest BCUT2D eigenvalue weighted by molar-refractivity contribution is 5.83. The Labute approximate surface area is 47.9 Å². The van der Waals surface area contributed by atoms with E-state index in [1.54, 1.807) is 0 Å². The van der Waals surface area contributed by atoms with Crippen LogP contribution in [0.2, 0.25) is 0 Å². The first-order chi connectivity index (χ1) is 3.68. The van der Waals surface area contributed by atoms with Crippen molar-refractivity contribution in [1.29, 1.82) is 0 Å². The van der Waals surface area contributed by atoms with Crippen molar-refractivity contribution in [1.82, 2.24) is 0 Å². The Morgan fingerprint density at radius 2 is 2.38 bits per heavy atom. The molecule has 3 nitrogen and oxygen atoms in total. The Kier molecular flexibility index (Phi) is 3.03. The highest BCUT2D eigenvalue weighted by atomic mass is 16.1. The summed E-state index contributed by atoms with van der Waals surface area (Å²) >= 11 is 0. The van der Waals surface area contributed by atoms with E-state index in [0.29, 0.717) is 6.29 Å². The molecule has 0 aliphatic carbocycles. The second kappa shape index (κ2) is 3.32. The lowest BCUT2D eigenvalue weighted by atomic mass is 10.2. The molecular formula is C5H9NO2. The Hall–Kier alpha value is -0.700. The van der Waals surface area contributed by atoms with Crippen molar-refractivity contribution in [3.8, 4) is 0 Å². The van der Waals surface area contributed by atoms with E-state index in [1.807, 2.05) is 0 Å². The first-order valence-electron chi connectivity index (χ1n) is 2.38. The Morgan fingerprint density at radius 3 is 2.50 bits per heavy atom. The first kappa shape index (κ1) is 7.30. The average molecular weight is 115 g/mol. The molecular weight excluding hydrogens is 106 g/mol. The summed E-state index contributed by atoms with van der Waals surface area (Å²) in [5.74, 6) is -0.142. The van der Waals surface area contributed by atoms with Crippen LogP contribution in [0.25, 0.3) is 0 Å². The van der Waals surface area contributed by atoms with Crippen LogP contribution < -0.4 is 5.73 Å². The number of hydrogen-bond acceptors (Lipinski definition) is 3. The van der Waals surface area contributed by atoms with Gasteiger partial charge in [-0.05, 0) is 6.92 Å². The lowest BCUT2D eigenvalue weighted by Crippen LogP contribution is -2.28. The van der Waals surface area contributed by atoms with Gasteiger partial charge in [-0.15, -0.1) is 0 Å². The minimum Gasteiger partial charge on any atom is -0.321 e. The number of carbonyl (C=O) groups is 2. The second-order valence-corrected chi connectivity index (χ2v) is 1.62. The van der Waals surface area contributed by atoms with E-state index in [4.69, 9.17) is 5.73 Å². The third-order valence-corrected chi connectivity index (χ3v) is 0.872. The maximum absolute atomic E-state index is 10.2. The molecule has 0 aromatic rings. The quantitative estimate of drug-likeness (QED) is 0.504. The summed E-state index contributed by atoms with van der Waals surface area (Å²) in [5.41, 5.74) is 5.15. The van der Waals surface area contributed by atoms with E-state index in [2.05, 4.69) is 0 Å². The van der Waals surface area contributed by atoms with Crippen LogP contribution in [0.4, 0.5) is 0 Å². The molecule has 2 N–H and O–H groups in total. The molecule has 3 heteroatoms. The molecule has 0 radical (unpaired) electrons. The van der Waals surface area contributed by atoms with Gasteiger partial charge in [0.1, 0.15) is 12.1 Å². The van der Waals surface area contributed by atoms with Gasteiger partial charge in [-0.2, -0.15) is 0 Å². The summed E-state index contributed by atoms with van der Waals surface area (Å²) in [7, 11) is 0. The highest BCUT2D eigenvalue weighted by Gasteiger charge is 2.04. The van der Waals surface area contributed by atoms with Gasteiger partial charge in [0.25, 0.3) is 0 Å². The van der Waals surface area contributed by atoms with Crippen molar-refractivity contribution >= 4 is 12.1 Å². The van der Waals surface area contributed by atoms with Crippen molar-refractivity contribution in [3.63, 3.8) is 0 Å². The van der Waals surface area contributed by atoms with Gasteiger partial charge in [0, 0.05) is 6.42 Å². The molecule has 0 heterocycles. The molecule has 0 bridgehead atoms. The van der Waals surface area contributed by atoms with Gasteiger partial charge in [-0.25, -0.2) is 0 Å². The lowest BCUT2D eigenvalue weighted by Gasteiger charge is -1.98. The number of Topliss-reactive ketones (excluding diaryl/α,β-unsaturated/α-hetero) is 1. The van der Waals surface area contributed by atoms with Gasteiger partial charge >= 0.3 is 0 Å². The van der Waals surface area contributed by atoms with Crippen LogP contribution in [-0.2, 0) is 9.59 Å². The van der Waals surface area contributed by atoms with Crippen LogP contribution in [0.5, 0.6) is 0 Å². The summed E-state index contributed by atoms with van der Waals surface area (Å²) in [6, 6.07) is -0.590. The number of aldehydes is 1. The van der Waals surface area contributed by atoms with Crippen LogP contribution in [-0.4, -0.2) is 18.1 Å². The largest absolute Gasteiger partial charge is 0.321 e. The maximum Gasteiger partial charge on any atom is 0.146 e. The number of rotatable bonds is 3. The molecule has 0 aromatic carbocycles. The summed E-state index contributed by atoms with van der Waals surface area (Å²) in [4.78, 5) is 19.9. The van der Waals surface area contributed by atoms with Gasteiger partial charge in [0.15, 0.2) is 0 Å². The molecule has 46 valence electrons. The van der Waals surface area contributed by atoms with Crippen molar-refractivity contribution in [2.24, 2.45) is 5.73 Å². The predicted molar refractivity (Wildman–Crippen MR) is 29.3 cm³/mol. The van der Waals surface area contributed by atoms with Gasteiger partial charge in [-0.1, -0.05) is 0 Å². The molecule has 0 aromatic heterocycles. The fourth-order valence-corrected chi connectivity index (χ4v) is 0.270. The van der Waals surface area contributed by atoms with Crippen molar-refractivity contribution in [2.75, 3.05) is 0 Å². The summed E-state index contributed by atoms with van der Waals surface area (Å²) in [5, 5.41) is 0. The van der Waals surface area contributed by atoms with Crippen LogP contribution in [0.15, 0.2) is 0 Å². The van der Waals surface area contributed by atoms with Crippen LogP contribution in [0.3, 0.4) is 0 Å². The molecule has 0 fully saturated rings.